The lowest BCUT2D eigenvalue weighted by Gasteiger charge is -2.34. The van der Waals surface area contributed by atoms with Gasteiger partial charge in [0.05, 0.1) is 6.10 Å². The van der Waals surface area contributed by atoms with Gasteiger partial charge in [0.2, 0.25) is 5.91 Å². The first kappa shape index (κ1) is 16.0. The number of nitrogens with one attached hydrogen (secondary N) is 1. The summed E-state index contributed by atoms with van der Waals surface area (Å²) < 4.78 is 6.10. The summed E-state index contributed by atoms with van der Waals surface area (Å²) in [4.78, 5) is 18.9. The van der Waals surface area contributed by atoms with Crippen molar-refractivity contribution in [3.8, 4) is 0 Å². The predicted octanol–water partition coefficient (Wildman–Crippen LogP) is 1.63. The Labute approximate surface area is 143 Å². The van der Waals surface area contributed by atoms with E-state index in [-0.39, 0.29) is 18.1 Å². The first-order valence-corrected chi connectivity index (χ1v) is 9.32. The second kappa shape index (κ2) is 7.19. The van der Waals surface area contributed by atoms with Crippen molar-refractivity contribution >= 4 is 5.91 Å². The van der Waals surface area contributed by atoms with Crippen LogP contribution in [0.15, 0.2) is 24.5 Å². The van der Waals surface area contributed by atoms with Crippen molar-refractivity contribution < 1.29 is 9.53 Å². The number of likely N-dealkylation sites (tertiary alicyclic amines) is 1. The van der Waals surface area contributed by atoms with Gasteiger partial charge in [0.25, 0.3) is 0 Å². The molecule has 3 fully saturated rings. The normalized spacial score (nSPS) is 30.1. The summed E-state index contributed by atoms with van der Waals surface area (Å²) in [5.74, 6) is 1.55. The molecule has 130 valence electrons. The van der Waals surface area contributed by atoms with Gasteiger partial charge in [-0.1, -0.05) is 0 Å². The van der Waals surface area contributed by atoms with E-state index >= 15 is 0 Å². The van der Waals surface area contributed by atoms with E-state index in [1.165, 1.54) is 37.9 Å². The van der Waals surface area contributed by atoms with E-state index in [0.29, 0.717) is 12.5 Å². The Balaban J connectivity index is 1.21. The van der Waals surface area contributed by atoms with Gasteiger partial charge >= 0.3 is 0 Å². The van der Waals surface area contributed by atoms with Crippen LogP contribution in [0, 0.1) is 11.8 Å². The largest absolute Gasteiger partial charge is 0.364 e. The topological polar surface area (TPSA) is 54.5 Å². The van der Waals surface area contributed by atoms with Crippen LogP contribution in [0.3, 0.4) is 0 Å². The van der Waals surface area contributed by atoms with Crippen LogP contribution in [0.1, 0.15) is 31.2 Å². The Kier molecular flexibility index (Phi) is 4.81. The van der Waals surface area contributed by atoms with E-state index in [2.05, 4.69) is 15.2 Å². The van der Waals surface area contributed by atoms with Crippen molar-refractivity contribution in [2.24, 2.45) is 11.8 Å². The molecule has 4 rings (SSSR count). The number of carbonyl (C=O) groups is 1. The minimum absolute atomic E-state index is 0.0622. The van der Waals surface area contributed by atoms with Crippen LogP contribution in [-0.4, -0.2) is 54.2 Å². The lowest BCUT2D eigenvalue weighted by Crippen LogP contribution is -2.43. The number of ether oxygens (including phenoxy) is 1. The van der Waals surface area contributed by atoms with Crippen molar-refractivity contribution in [3.05, 3.63) is 30.1 Å². The number of fused-ring (bicyclic) bond motifs is 1. The fraction of sp³-hybridized carbons (Fsp3) is 0.684. The standard InChI is InChI=1S/C19H27N3O2/c23-19(21-9-5-14-3-7-20-8-4-14)17-11-16-6-10-22(12-15-1-2-15)13-18(16)24-17/h3-4,7-8,15-18H,1-2,5-6,9-13H2,(H,21,23)/t16-,17+,18+/m0/s1. The maximum atomic E-state index is 12.4. The number of rotatable bonds is 6. The molecule has 1 aromatic rings. The van der Waals surface area contributed by atoms with Crippen molar-refractivity contribution in [1.29, 1.82) is 0 Å². The number of aromatic nitrogens is 1. The van der Waals surface area contributed by atoms with Crippen molar-refractivity contribution in [2.45, 2.75) is 44.3 Å². The lowest BCUT2D eigenvalue weighted by molar-refractivity contribution is -0.132. The van der Waals surface area contributed by atoms with E-state index in [1.807, 2.05) is 12.1 Å². The molecule has 1 aromatic heterocycles. The Bertz CT molecular complexity index is 561. The molecule has 1 amide bonds. The summed E-state index contributed by atoms with van der Waals surface area (Å²) in [6, 6.07) is 3.97. The number of hydrogen-bond donors (Lipinski definition) is 1. The number of nitrogens with zero attached hydrogens (tertiary/aromatic N) is 2. The molecule has 5 nitrogen and oxygen atoms in total. The second-order valence-electron chi connectivity index (χ2n) is 7.55. The number of pyridine rings is 1. The average Bonchev–Trinajstić information content (AvgIpc) is 3.31. The second-order valence-corrected chi connectivity index (χ2v) is 7.55. The van der Waals surface area contributed by atoms with E-state index in [1.54, 1.807) is 12.4 Å². The minimum atomic E-state index is -0.252. The molecule has 2 aliphatic heterocycles. The Morgan fingerprint density at radius 2 is 2.12 bits per heavy atom. The SMILES string of the molecule is O=C(NCCc1ccncc1)[C@H]1C[C@@H]2CCN(CC3CC3)C[C@H]2O1. The highest BCUT2D eigenvalue weighted by Gasteiger charge is 2.42. The number of piperidine rings is 1. The Morgan fingerprint density at radius 3 is 2.92 bits per heavy atom. The molecule has 3 heterocycles. The minimum Gasteiger partial charge on any atom is -0.364 e. The highest BCUT2D eigenvalue weighted by molar-refractivity contribution is 5.81. The molecule has 24 heavy (non-hydrogen) atoms. The van der Waals surface area contributed by atoms with Gasteiger partial charge in [-0.3, -0.25) is 9.78 Å². The van der Waals surface area contributed by atoms with Crippen LogP contribution in [0.5, 0.6) is 0 Å². The molecule has 2 saturated heterocycles. The summed E-state index contributed by atoms with van der Waals surface area (Å²) in [6.07, 6.45) is 9.28. The summed E-state index contributed by atoms with van der Waals surface area (Å²) in [6.45, 7) is 4.08. The molecule has 0 radical (unpaired) electrons. The molecule has 5 heteroatoms. The van der Waals surface area contributed by atoms with Gasteiger partial charge < -0.3 is 15.0 Å². The third-order valence-corrected chi connectivity index (χ3v) is 5.60. The summed E-state index contributed by atoms with van der Waals surface area (Å²) in [5, 5.41) is 3.04. The molecule has 0 unspecified atom stereocenters. The summed E-state index contributed by atoms with van der Waals surface area (Å²) in [5.41, 5.74) is 1.20. The first-order valence-electron chi connectivity index (χ1n) is 9.32. The zero-order valence-electron chi connectivity index (χ0n) is 14.2. The van der Waals surface area contributed by atoms with E-state index in [9.17, 15) is 4.79 Å². The van der Waals surface area contributed by atoms with E-state index in [4.69, 9.17) is 4.74 Å². The van der Waals surface area contributed by atoms with Crippen molar-refractivity contribution in [2.75, 3.05) is 26.2 Å². The maximum Gasteiger partial charge on any atom is 0.249 e. The van der Waals surface area contributed by atoms with Crippen molar-refractivity contribution in [3.63, 3.8) is 0 Å². The van der Waals surface area contributed by atoms with Gasteiger partial charge in [-0.25, -0.2) is 0 Å². The third kappa shape index (κ3) is 3.95. The smallest absolute Gasteiger partial charge is 0.249 e. The molecule has 1 N–H and O–H groups in total. The fourth-order valence-corrected chi connectivity index (χ4v) is 3.99. The molecule has 3 aliphatic rings. The van der Waals surface area contributed by atoms with Crippen molar-refractivity contribution in [1.82, 2.24) is 15.2 Å². The Morgan fingerprint density at radius 1 is 1.29 bits per heavy atom. The number of carbonyl (C=O) groups excluding carboxylic acids is 1. The molecule has 3 atom stereocenters. The zero-order chi connectivity index (χ0) is 16.4. The van der Waals surface area contributed by atoms with Gasteiger partial charge in [-0.05, 0) is 68.2 Å². The predicted molar refractivity (Wildman–Crippen MR) is 91.5 cm³/mol. The fourth-order valence-electron chi connectivity index (χ4n) is 3.99. The van der Waals surface area contributed by atoms with E-state index < -0.39 is 0 Å². The van der Waals surface area contributed by atoms with Crippen LogP contribution in [0.4, 0.5) is 0 Å². The average molecular weight is 329 g/mol. The quantitative estimate of drug-likeness (QED) is 0.862. The Hall–Kier alpha value is -1.46. The molecule has 1 saturated carbocycles. The van der Waals surface area contributed by atoms with E-state index in [0.717, 1.165) is 25.3 Å². The maximum absolute atomic E-state index is 12.4. The number of amides is 1. The van der Waals surface area contributed by atoms with Gasteiger partial charge in [0.1, 0.15) is 6.10 Å². The van der Waals surface area contributed by atoms with Crippen LogP contribution >= 0.6 is 0 Å². The van der Waals surface area contributed by atoms with Crippen LogP contribution < -0.4 is 5.32 Å². The summed E-state index contributed by atoms with van der Waals surface area (Å²) >= 11 is 0. The number of hydrogen-bond acceptors (Lipinski definition) is 4. The van der Waals surface area contributed by atoms with Gasteiger partial charge in [0.15, 0.2) is 0 Å². The molecule has 1 aliphatic carbocycles. The first-order chi connectivity index (χ1) is 11.8. The third-order valence-electron chi connectivity index (χ3n) is 5.60. The van der Waals surface area contributed by atoms with Crippen LogP contribution in [0.2, 0.25) is 0 Å². The highest BCUT2D eigenvalue weighted by atomic mass is 16.5. The molecule has 0 spiro atoms. The lowest BCUT2D eigenvalue weighted by atomic mass is 9.91. The monoisotopic (exact) mass is 329 g/mol. The zero-order valence-corrected chi connectivity index (χ0v) is 14.2. The highest BCUT2D eigenvalue weighted by Crippen LogP contribution is 2.36. The van der Waals surface area contributed by atoms with Gasteiger partial charge in [-0.2, -0.15) is 0 Å². The summed E-state index contributed by atoms with van der Waals surface area (Å²) in [7, 11) is 0. The van der Waals surface area contributed by atoms with Gasteiger partial charge in [-0.15, -0.1) is 0 Å². The van der Waals surface area contributed by atoms with Crippen LogP contribution in [0.25, 0.3) is 0 Å². The van der Waals surface area contributed by atoms with Gasteiger partial charge in [0, 0.05) is 32.0 Å². The molecular formula is C19H27N3O2. The molecule has 0 aromatic carbocycles. The molecular weight excluding hydrogens is 302 g/mol. The molecule has 0 bridgehead atoms. The van der Waals surface area contributed by atoms with Crippen LogP contribution in [-0.2, 0) is 16.0 Å².